The molecule has 0 fully saturated rings. The Morgan fingerprint density at radius 1 is 1.41 bits per heavy atom. The molecule has 0 spiro atoms. The van der Waals surface area contributed by atoms with Crippen molar-refractivity contribution in [3.8, 4) is 18.1 Å². The third kappa shape index (κ3) is 4.50. The fourth-order valence-corrected chi connectivity index (χ4v) is 1.59. The summed E-state index contributed by atoms with van der Waals surface area (Å²) >= 11 is 0. The van der Waals surface area contributed by atoms with Crippen LogP contribution in [0.2, 0.25) is 0 Å². The van der Waals surface area contributed by atoms with E-state index in [0.29, 0.717) is 19.1 Å². The summed E-state index contributed by atoms with van der Waals surface area (Å²) in [7, 11) is 0. The van der Waals surface area contributed by atoms with E-state index in [-0.39, 0.29) is 0 Å². The van der Waals surface area contributed by atoms with Crippen molar-refractivity contribution in [1.82, 2.24) is 5.32 Å². The summed E-state index contributed by atoms with van der Waals surface area (Å²) in [6.07, 6.45) is 5.87. The Balaban J connectivity index is 2.74. The number of nitrogens with one attached hydrogen (secondary N) is 1. The molecule has 0 unspecified atom stereocenters. The Morgan fingerprint density at radius 2 is 2.18 bits per heavy atom. The summed E-state index contributed by atoms with van der Waals surface area (Å²) in [6, 6.07) is 6.67. The molecule has 0 saturated carbocycles. The van der Waals surface area contributed by atoms with Gasteiger partial charge < -0.3 is 10.1 Å². The van der Waals surface area contributed by atoms with Gasteiger partial charge in [-0.05, 0) is 12.5 Å². The van der Waals surface area contributed by atoms with E-state index in [0.717, 1.165) is 17.9 Å². The van der Waals surface area contributed by atoms with Crippen LogP contribution >= 0.6 is 0 Å². The first-order chi connectivity index (χ1) is 8.15. The molecule has 17 heavy (non-hydrogen) atoms. The van der Waals surface area contributed by atoms with Crippen LogP contribution in [0.5, 0.6) is 5.75 Å². The first kappa shape index (κ1) is 13.6. The maximum atomic E-state index is 5.76. The zero-order valence-corrected chi connectivity index (χ0v) is 10.9. The molecule has 1 aromatic rings. The highest BCUT2D eigenvalue weighted by Crippen LogP contribution is 2.23. The van der Waals surface area contributed by atoms with Gasteiger partial charge in [-0.2, -0.15) is 0 Å². The molecule has 0 bridgehead atoms. The van der Waals surface area contributed by atoms with Crippen molar-refractivity contribution in [2.24, 2.45) is 0 Å². The molecule has 1 aromatic carbocycles. The summed E-state index contributed by atoms with van der Waals surface area (Å²) in [5, 5.41) is 3.40. The van der Waals surface area contributed by atoms with Gasteiger partial charge in [-0.15, -0.1) is 12.3 Å². The molecule has 0 aliphatic rings. The number of para-hydroxylation sites is 1. The predicted molar refractivity (Wildman–Crippen MR) is 72.1 cm³/mol. The lowest BCUT2D eigenvalue weighted by atomic mass is 10.1. The zero-order valence-electron chi connectivity index (χ0n) is 10.9. The number of aryl methyl sites for hydroxylation is 1. The maximum absolute atomic E-state index is 5.76. The quantitative estimate of drug-likeness (QED) is 0.600. The summed E-state index contributed by atoms with van der Waals surface area (Å²) in [5.74, 6) is 3.55. The topological polar surface area (TPSA) is 21.3 Å². The molecule has 1 N–H and O–H groups in total. The number of terminal acetylenes is 1. The standard InChI is InChI=1S/C15H21NO/c1-5-6-10-17-15-13(4)8-7-9-14(15)11-16-12(2)3/h1,7-9,12,16H,6,10-11H2,2-4H3. The average Bonchev–Trinajstić information content (AvgIpc) is 2.29. The highest BCUT2D eigenvalue weighted by molar-refractivity contribution is 5.40. The monoisotopic (exact) mass is 231 g/mol. The predicted octanol–water partition coefficient (Wildman–Crippen LogP) is 2.90. The van der Waals surface area contributed by atoms with E-state index >= 15 is 0 Å². The van der Waals surface area contributed by atoms with E-state index in [1.807, 2.05) is 0 Å². The first-order valence-electron chi connectivity index (χ1n) is 6.03. The van der Waals surface area contributed by atoms with Crippen LogP contribution in [-0.2, 0) is 6.54 Å². The van der Waals surface area contributed by atoms with E-state index in [1.54, 1.807) is 0 Å². The van der Waals surface area contributed by atoms with E-state index < -0.39 is 0 Å². The van der Waals surface area contributed by atoms with Gasteiger partial charge in [-0.3, -0.25) is 0 Å². The van der Waals surface area contributed by atoms with E-state index in [4.69, 9.17) is 11.2 Å². The molecule has 2 heteroatoms. The van der Waals surface area contributed by atoms with Gasteiger partial charge in [0.05, 0.1) is 6.61 Å². The van der Waals surface area contributed by atoms with Gasteiger partial charge >= 0.3 is 0 Å². The van der Waals surface area contributed by atoms with Crippen molar-refractivity contribution in [2.75, 3.05) is 6.61 Å². The number of rotatable bonds is 6. The third-order valence-electron chi connectivity index (χ3n) is 2.49. The highest BCUT2D eigenvalue weighted by atomic mass is 16.5. The van der Waals surface area contributed by atoms with E-state index in [1.165, 1.54) is 5.56 Å². The number of hydrogen-bond donors (Lipinski definition) is 1. The molecule has 2 nitrogen and oxygen atoms in total. The second kappa shape index (κ2) is 6.98. The van der Waals surface area contributed by atoms with Gasteiger partial charge in [0.1, 0.15) is 5.75 Å². The number of hydrogen-bond acceptors (Lipinski definition) is 2. The van der Waals surface area contributed by atoms with Gasteiger partial charge in [0.25, 0.3) is 0 Å². The smallest absolute Gasteiger partial charge is 0.126 e. The minimum Gasteiger partial charge on any atom is -0.492 e. The van der Waals surface area contributed by atoms with Crippen LogP contribution in [0.25, 0.3) is 0 Å². The maximum Gasteiger partial charge on any atom is 0.126 e. The second-order valence-electron chi connectivity index (χ2n) is 4.40. The molecule has 92 valence electrons. The van der Waals surface area contributed by atoms with Crippen LogP contribution in [0.4, 0.5) is 0 Å². The molecule has 0 heterocycles. The van der Waals surface area contributed by atoms with E-state index in [9.17, 15) is 0 Å². The largest absolute Gasteiger partial charge is 0.492 e. The molecule has 0 saturated heterocycles. The average molecular weight is 231 g/mol. The third-order valence-corrected chi connectivity index (χ3v) is 2.49. The van der Waals surface area contributed by atoms with Crippen molar-refractivity contribution in [1.29, 1.82) is 0 Å². The molecule has 1 rings (SSSR count). The zero-order chi connectivity index (χ0) is 12.7. The second-order valence-corrected chi connectivity index (χ2v) is 4.40. The molecular formula is C15H21NO. The van der Waals surface area contributed by atoms with Gasteiger partial charge in [-0.1, -0.05) is 32.0 Å². The van der Waals surface area contributed by atoms with Gasteiger partial charge in [0, 0.05) is 24.6 Å². The Hall–Kier alpha value is -1.46. The van der Waals surface area contributed by atoms with Crippen molar-refractivity contribution in [2.45, 2.75) is 39.8 Å². The van der Waals surface area contributed by atoms with Crippen molar-refractivity contribution >= 4 is 0 Å². The van der Waals surface area contributed by atoms with Crippen molar-refractivity contribution < 1.29 is 4.74 Å². The van der Waals surface area contributed by atoms with E-state index in [2.05, 4.69) is 50.2 Å². The SMILES string of the molecule is C#CCCOc1c(C)cccc1CNC(C)C. The van der Waals surface area contributed by atoms with Crippen LogP contribution in [0, 0.1) is 19.3 Å². The Kier molecular flexibility index (Phi) is 5.59. The Labute approximate surface area is 104 Å². The summed E-state index contributed by atoms with van der Waals surface area (Å²) < 4.78 is 5.76. The fourth-order valence-electron chi connectivity index (χ4n) is 1.59. The van der Waals surface area contributed by atoms with Gasteiger partial charge in [0.2, 0.25) is 0 Å². The Morgan fingerprint density at radius 3 is 2.82 bits per heavy atom. The molecule has 0 amide bonds. The molecule has 0 atom stereocenters. The highest BCUT2D eigenvalue weighted by Gasteiger charge is 2.06. The number of benzene rings is 1. The van der Waals surface area contributed by atoms with Crippen molar-refractivity contribution in [3.05, 3.63) is 29.3 Å². The van der Waals surface area contributed by atoms with Crippen LogP contribution in [0.1, 0.15) is 31.4 Å². The molecule has 0 aliphatic heterocycles. The Bertz CT molecular complexity index is 390. The van der Waals surface area contributed by atoms with Crippen LogP contribution in [-0.4, -0.2) is 12.6 Å². The molecule has 0 aliphatic carbocycles. The molecular weight excluding hydrogens is 210 g/mol. The lowest BCUT2D eigenvalue weighted by molar-refractivity contribution is 0.320. The minimum absolute atomic E-state index is 0.467. The lowest BCUT2D eigenvalue weighted by Crippen LogP contribution is -2.22. The minimum atomic E-state index is 0.467. The lowest BCUT2D eigenvalue weighted by Gasteiger charge is -2.15. The summed E-state index contributed by atoms with van der Waals surface area (Å²) in [4.78, 5) is 0. The summed E-state index contributed by atoms with van der Waals surface area (Å²) in [5.41, 5.74) is 2.35. The molecule has 0 aromatic heterocycles. The van der Waals surface area contributed by atoms with Crippen LogP contribution in [0.3, 0.4) is 0 Å². The van der Waals surface area contributed by atoms with Gasteiger partial charge in [0.15, 0.2) is 0 Å². The normalized spacial score (nSPS) is 10.3. The van der Waals surface area contributed by atoms with Gasteiger partial charge in [-0.25, -0.2) is 0 Å². The molecule has 0 radical (unpaired) electrons. The van der Waals surface area contributed by atoms with Crippen LogP contribution in [0.15, 0.2) is 18.2 Å². The first-order valence-corrected chi connectivity index (χ1v) is 6.03. The van der Waals surface area contributed by atoms with Crippen LogP contribution < -0.4 is 10.1 Å². The fraction of sp³-hybridized carbons (Fsp3) is 0.467. The van der Waals surface area contributed by atoms with Crippen molar-refractivity contribution in [3.63, 3.8) is 0 Å². The number of ether oxygens (including phenoxy) is 1. The summed E-state index contributed by atoms with van der Waals surface area (Å²) in [6.45, 7) is 7.73.